The average molecular weight is 325 g/mol. The highest BCUT2D eigenvalue weighted by molar-refractivity contribution is 5.94. The van der Waals surface area contributed by atoms with E-state index in [1.165, 1.54) is 4.90 Å². The van der Waals surface area contributed by atoms with E-state index in [0.717, 1.165) is 11.1 Å². The number of carbonyl (C=O) groups excluding carboxylic acids is 2. The molecule has 3 rings (SSSR count). The Morgan fingerprint density at radius 1 is 1.04 bits per heavy atom. The van der Waals surface area contributed by atoms with Crippen molar-refractivity contribution in [3.05, 3.63) is 71.8 Å². The number of rotatable bonds is 6. The normalized spacial score (nSPS) is 16.9. The van der Waals surface area contributed by atoms with Gasteiger partial charge in [0, 0.05) is 0 Å². The van der Waals surface area contributed by atoms with Crippen molar-refractivity contribution in [2.75, 3.05) is 13.2 Å². The molecule has 24 heavy (non-hydrogen) atoms. The molecular weight excluding hydrogens is 306 g/mol. The number of cyclic esters (lactones) is 1. The van der Waals surface area contributed by atoms with Crippen molar-refractivity contribution in [1.82, 2.24) is 4.90 Å². The molecule has 1 fully saturated rings. The molecule has 0 saturated carbocycles. The van der Waals surface area contributed by atoms with Gasteiger partial charge in [0.15, 0.2) is 0 Å². The number of ether oxygens (including phenoxy) is 2. The van der Waals surface area contributed by atoms with E-state index >= 15 is 0 Å². The second-order valence-electron chi connectivity index (χ2n) is 5.66. The fourth-order valence-corrected chi connectivity index (χ4v) is 2.70. The highest BCUT2D eigenvalue weighted by Crippen LogP contribution is 2.17. The molecule has 1 heterocycles. The Balaban J connectivity index is 1.56. The smallest absolute Gasteiger partial charge is 0.417 e. The van der Waals surface area contributed by atoms with Gasteiger partial charge in [0.1, 0.15) is 13.2 Å². The van der Waals surface area contributed by atoms with Crippen LogP contribution in [0.4, 0.5) is 4.79 Å². The zero-order valence-corrected chi connectivity index (χ0v) is 13.3. The number of nitrogens with zero attached hydrogens (tertiary/aromatic N) is 1. The molecule has 1 atom stereocenters. The minimum absolute atomic E-state index is 0.144. The summed E-state index contributed by atoms with van der Waals surface area (Å²) in [5.41, 5.74) is 2.04. The number of hydrogen-bond acceptors (Lipinski definition) is 4. The first kappa shape index (κ1) is 16.2. The van der Waals surface area contributed by atoms with Crippen LogP contribution in [0.15, 0.2) is 60.7 Å². The maximum atomic E-state index is 12.3. The summed E-state index contributed by atoms with van der Waals surface area (Å²) in [5.74, 6) is -0.366. The lowest BCUT2D eigenvalue weighted by molar-refractivity contribution is -0.134. The quantitative estimate of drug-likeness (QED) is 0.819. The predicted molar refractivity (Wildman–Crippen MR) is 88.2 cm³/mol. The maximum Gasteiger partial charge on any atom is 0.417 e. The third-order valence-electron chi connectivity index (χ3n) is 3.88. The van der Waals surface area contributed by atoms with E-state index in [-0.39, 0.29) is 25.2 Å². The molecule has 0 bridgehead atoms. The van der Waals surface area contributed by atoms with Gasteiger partial charge >= 0.3 is 6.09 Å². The molecule has 1 aliphatic rings. The van der Waals surface area contributed by atoms with Gasteiger partial charge in [-0.25, -0.2) is 9.69 Å². The van der Waals surface area contributed by atoms with Crippen LogP contribution in [0.5, 0.6) is 0 Å². The van der Waals surface area contributed by atoms with Gasteiger partial charge in [0.2, 0.25) is 0 Å². The molecule has 124 valence electrons. The van der Waals surface area contributed by atoms with Crippen LogP contribution in [0.3, 0.4) is 0 Å². The summed E-state index contributed by atoms with van der Waals surface area (Å²) in [6, 6.07) is 19.0. The monoisotopic (exact) mass is 325 g/mol. The second-order valence-corrected chi connectivity index (χ2v) is 5.66. The number of imide groups is 1. The molecule has 2 aromatic rings. The van der Waals surface area contributed by atoms with Crippen LogP contribution in [-0.4, -0.2) is 36.2 Å². The second kappa shape index (κ2) is 7.75. The van der Waals surface area contributed by atoms with Crippen LogP contribution >= 0.6 is 0 Å². The molecule has 2 amide bonds. The highest BCUT2D eigenvalue weighted by atomic mass is 16.6. The fourth-order valence-electron chi connectivity index (χ4n) is 2.70. The molecule has 0 radical (unpaired) electrons. The lowest BCUT2D eigenvalue weighted by Crippen LogP contribution is -2.42. The SMILES string of the molecule is O=C(COCc1ccccc1)N1C(=O)OC[C@H]1Cc1ccccc1. The first-order chi connectivity index (χ1) is 11.7. The van der Waals surface area contributed by atoms with Crippen LogP contribution < -0.4 is 0 Å². The molecule has 5 nitrogen and oxygen atoms in total. The summed E-state index contributed by atoms with van der Waals surface area (Å²) in [5, 5.41) is 0. The zero-order chi connectivity index (χ0) is 16.8. The van der Waals surface area contributed by atoms with Gasteiger partial charge in [-0.3, -0.25) is 4.79 Å². The Bertz CT molecular complexity index is 687. The Morgan fingerprint density at radius 3 is 2.33 bits per heavy atom. The van der Waals surface area contributed by atoms with Gasteiger partial charge in [-0.1, -0.05) is 60.7 Å². The largest absolute Gasteiger partial charge is 0.447 e. The summed E-state index contributed by atoms with van der Waals surface area (Å²) < 4.78 is 10.5. The van der Waals surface area contributed by atoms with Crippen molar-refractivity contribution in [2.45, 2.75) is 19.1 Å². The summed E-state index contributed by atoms with van der Waals surface area (Å²) in [4.78, 5) is 25.4. The van der Waals surface area contributed by atoms with Gasteiger partial charge in [-0.15, -0.1) is 0 Å². The van der Waals surface area contributed by atoms with Crippen LogP contribution in [0, 0.1) is 0 Å². The Kier molecular flexibility index (Phi) is 5.23. The number of carbonyl (C=O) groups is 2. The molecule has 0 aromatic heterocycles. The molecule has 0 N–H and O–H groups in total. The van der Waals surface area contributed by atoms with Crippen molar-refractivity contribution in [1.29, 1.82) is 0 Å². The van der Waals surface area contributed by atoms with Crippen LogP contribution in [0.1, 0.15) is 11.1 Å². The van der Waals surface area contributed by atoms with Crippen molar-refractivity contribution in [3.63, 3.8) is 0 Å². The van der Waals surface area contributed by atoms with Gasteiger partial charge in [-0.2, -0.15) is 0 Å². The Hall–Kier alpha value is -2.66. The third kappa shape index (κ3) is 4.00. The summed E-state index contributed by atoms with van der Waals surface area (Å²) >= 11 is 0. The van der Waals surface area contributed by atoms with E-state index in [0.29, 0.717) is 13.0 Å². The van der Waals surface area contributed by atoms with Gasteiger partial charge in [-0.05, 0) is 17.5 Å². The third-order valence-corrected chi connectivity index (χ3v) is 3.88. The minimum atomic E-state index is -0.593. The van der Waals surface area contributed by atoms with E-state index in [9.17, 15) is 9.59 Å². The zero-order valence-electron chi connectivity index (χ0n) is 13.3. The summed E-state index contributed by atoms with van der Waals surface area (Å²) in [6.45, 7) is 0.409. The van der Waals surface area contributed by atoms with Crippen LogP contribution in [0.25, 0.3) is 0 Å². The van der Waals surface area contributed by atoms with E-state index in [2.05, 4.69) is 0 Å². The maximum absolute atomic E-state index is 12.3. The van der Waals surface area contributed by atoms with Gasteiger partial charge in [0.05, 0.1) is 12.6 Å². The number of hydrogen-bond donors (Lipinski definition) is 0. The van der Waals surface area contributed by atoms with E-state index < -0.39 is 6.09 Å². The summed E-state index contributed by atoms with van der Waals surface area (Å²) in [6.07, 6.45) is -0.0129. The molecule has 2 aromatic carbocycles. The average Bonchev–Trinajstić information content (AvgIpc) is 2.97. The van der Waals surface area contributed by atoms with E-state index in [4.69, 9.17) is 9.47 Å². The van der Waals surface area contributed by atoms with E-state index in [1.54, 1.807) is 0 Å². The number of amides is 2. The highest BCUT2D eigenvalue weighted by Gasteiger charge is 2.37. The molecule has 1 aliphatic heterocycles. The van der Waals surface area contributed by atoms with Gasteiger partial charge in [0.25, 0.3) is 5.91 Å². The molecule has 1 saturated heterocycles. The predicted octanol–water partition coefficient (Wildman–Crippen LogP) is 2.79. The molecule has 0 spiro atoms. The van der Waals surface area contributed by atoms with Crippen molar-refractivity contribution in [2.24, 2.45) is 0 Å². The number of benzene rings is 2. The van der Waals surface area contributed by atoms with Crippen LogP contribution in [0.2, 0.25) is 0 Å². The molecule has 0 aliphatic carbocycles. The lowest BCUT2D eigenvalue weighted by atomic mass is 10.1. The topological polar surface area (TPSA) is 55.8 Å². The van der Waals surface area contributed by atoms with Crippen molar-refractivity contribution in [3.8, 4) is 0 Å². The minimum Gasteiger partial charge on any atom is -0.447 e. The fraction of sp³-hybridized carbons (Fsp3) is 0.263. The van der Waals surface area contributed by atoms with Crippen molar-refractivity contribution < 1.29 is 19.1 Å². The van der Waals surface area contributed by atoms with E-state index in [1.807, 2.05) is 60.7 Å². The first-order valence-electron chi connectivity index (χ1n) is 7.88. The molecule has 0 unspecified atom stereocenters. The van der Waals surface area contributed by atoms with Crippen molar-refractivity contribution >= 4 is 12.0 Å². The molecule has 5 heteroatoms. The summed E-state index contributed by atoms with van der Waals surface area (Å²) in [7, 11) is 0. The Morgan fingerprint density at radius 2 is 1.67 bits per heavy atom. The molecular formula is C19H19NO4. The Labute approximate surface area is 140 Å². The van der Waals surface area contributed by atoms with Gasteiger partial charge < -0.3 is 9.47 Å². The first-order valence-corrected chi connectivity index (χ1v) is 7.88. The lowest BCUT2D eigenvalue weighted by Gasteiger charge is -2.19. The van der Waals surface area contributed by atoms with Crippen LogP contribution in [-0.2, 0) is 27.3 Å². The standard InChI is InChI=1S/C19H19NO4/c21-18(14-23-12-16-9-5-2-6-10-16)20-17(13-24-19(20)22)11-15-7-3-1-4-8-15/h1-10,17H,11-14H2/t17-/m1/s1.